The normalized spacial score (nSPS) is 13.1. The fraction of sp³-hybridized carbons (Fsp3) is 0.700. The van der Waals surface area contributed by atoms with E-state index in [1.165, 1.54) is 12.2 Å². The molecule has 1 heterocycles. The van der Waals surface area contributed by atoms with Crippen molar-refractivity contribution in [3.05, 3.63) is 18.0 Å². The first kappa shape index (κ1) is 11.6. The van der Waals surface area contributed by atoms with Crippen molar-refractivity contribution in [2.75, 3.05) is 12.0 Å². The number of aryl methyl sites for hydroxylation is 1. The summed E-state index contributed by atoms with van der Waals surface area (Å²) in [5.41, 5.74) is 7.05. The lowest BCUT2D eigenvalue weighted by Gasteiger charge is -2.03. The van der Waals surface area contributed by atoms with Crippen LogP contribution in [0.5, 0.6) is 0 Å². The van der Waals surface area contributed by atoms with Gasteiger partial charge in [-0.15, -0.1) is 0 Å². The molecule has 1 unspecified atom stereocenters. The second-order valence-corrected chi connectivity index (χ2v) is 4.38. The number of thioether (sulfide) groups is 1. The van der Waals surface area contributed by atoms with Crippen LogP contribution >= 0.6 is 11.8 Å². The first-order chi connectivity index (χ1) is 6.77. The van der Waals surface area contributed by atoms with Gasteiger partial charge in [-0.3, -0.25) is 4.68 Å². The highest BCUT2D eigenvalue weighted by Crippen LogP contribution is 2.12. The molecule has 2 N–H and O–H groups in total. The zero-order chi connectivity index (χ0) is 10.4. The third kappa shape index (κ3) is 3.35. The van der Waals surface area contributed by atoms with E-state index in [4.69, 9.17) is 5.73 Å². The summed E-state index contributed by atoms with van der Waals surface area (Å²) in [6, 6.07) is 0.143. The summed E-state index contributed by atoms with van der Waals surface area (Å²) >= 11 is 1.87. The van der Waals surface area contributed by atoms with Crippen LogP contribution in [0.25, 0.3) is 0 Å². The fourth-order valence-corrected chi connectivity index (χ4v) is 1.72. The predicted octanol–water partition coefficient (Wildman–Crippen LogP) is 2.05. The maximum absolute atomic E-state index is 5.90. The van der Waals surface area contributed by atoms with E-state index in [9.17, 15) is 0 Å². The van der Waals surface area contributed by atoms with Gasteiger partial charge in [-0.1, -0.05) is 6.92 Å². The Morgan fingerprint density at radius 1 is 1.64 bits per heavy atom. The van der Waals surface area contributed by atoms with Crippen molar-refractivity contribution < 1.29 is 0 Å². The Morgan fingerprint density at radius 3 is 3.07 bits per heavy atom. The molecule has 0 fully saturated rings. The van der Waals surface area contributed by atoms with Gasteiger partial charge in [0.2, 0.25) is 0 Å². The quantitative estimate of drug-likeness (QED) is 0.735. The van der Waals surface area contributed by atoms with E-state index in [0.29, 0.717) is 0 Å². The van der Waals surface area contributed by atoms with Crippen molar-refractivity contribution in [1.29, 1.82) is 0 Å². The van der Waals surface area contributed by atoms with Crippen LogP contribution in [-0.2, 0) is 6.54 Å². The number of hydrogen-bond acceptors (Lipinski definition) is 3. The zero-order valence-electron chi connectivity index (χ0n) is 8.94. The molecule has 0 aromatic carbocycles. The van der Waals surface area contributed by atoms with Crippen LogP contribution in [0.2, 0.25) is 0 Å². The van der Waals surface area contributed by atoms with Gasteiger partial charge in [-0.25, -0.2) is 0 Å². The topological polar surface area (TPSA) is 43.8 Å². The highest BCUT2D eigenvalue weighted by Gasteiger charge is 2.05. The molecule has 0 spiro atoms. The molecule has 0 saturated carbocycles. The van der Waals surface area contributed by atoms with E-state index < -0.39 is 0 Å². The molecule has 0 aliphatic carbocycles. The van der Waals surface area contributed by atoms with Crippen LogP contribution in [0.1, 0.15) is 31.4 Å². The molecule has 14 heavy (non-hydrogen) atoms. The molecule has 1 aromatic heterocycles. The van der Waals surface area contributed by atoms with Gasteiger partial charge in [-0.2, -0.15) is 16.9 Å². The summed E-state index contributed by atoms with van der Waals surface area (Å²) in [7, 11) is 0. The smallest absolute Gasteiger partial charge is 0.0537 e. The van der Waals surface area contributed by atoms with E-state index >= 15 is 0 Å². The molecule has 80 valence electrons. The lowest BCUT2D eigenvalue weighted by atomic mass is 10.1. The summed E-state index contributed by atoms with van der Waals surface area (Å²) in [5, 5.41) is 4.28. The van der Waals surface area contributed by atoms with Crippen molar-refractivity contribution in [3.8, 4) is 0 Å². The van der Waals surface area contributed by atoms with E-state index in [1.807, 2.05) is 22.6 Å². The van der Waals surface area contributed by atoms with Crippen LogP contribution in [0.4, 0.5) is 0 Å². The molecule has 0 aliphatic heterocycles. The summed E-state index contributed by atoms with van der Waals surface area (Å²) in [6.45, 7) is 3.09. The number of rotatable bonds is 6. The van der Waals surface area contributed by atoms with Crippen molar-refractivity contribution in [2.24, 2.45) is 5.73 Å². The first-order valence-corrected chi connectivity index (χ1v) is 6.44. The second kappa shape index (κ2) is 6.09. The van der Waals surface area contributed by atoms with E-state index in [2.05, 4.69) is 24.5 Å². The maximum atomic E-state index is 5.90. The monoisotopic (exact) mass is 213 g/mol. The summed E-state index contributed by atoms with van der Waals surface area (Å²) in [6.07, 6.45) is 8.21. The molecule has 0 bridgehead atoms. The molecule has 0 aliphatic rings. The average molecular weight is 213 g/mol. The zero-order valence-corrected chi connectivity index (χ0v) is 9.76. The maximum Gasteiger partial charge on any atom is 0.0537 e. The predicted molar refractivity (Wildman–Crippen MR) is 62.4 cm³/mol. The lowest BCUT2D eigenvalue weighted by molar-refractivity contribution is 0.604. The van der Waals surface area contributed by atoms with Gasteiger partial charge < -0.3 is 5.73 Å². The highest BCUT2D eigenvalue weighted by atomic mass is 32.2. The molecule has 0 radical (unpaired) electrons. The Morgan fingerprint density at radius 2 is 2.43 bits per heavy atom. The van der Waals surface area contributed by atoms with Crippen LogP contribution in [0.15, 0.2) is 12.4 Å². The summed E-state index contributed by atoms with van der Waals surface area (Å²) in [5.74, 6) is 1.19. The minimum atomic E-state index is 0.143. The van der Waals surface area contributed by atoms with Crippen LogP contribution in [0.3, 0.4) is 0 Å². The molecule has 1 atom stereocenters. The number of nitrogens with two attached hydrogens (primary N) is 1. The van der Waals surface area contributed by atoms with Gasteiger partial charge >= 0.3 is 0 Å². The standard InChI is InChI=1S/C10H19N3S/c1-3-10(11)9-7-12-13(8-9)5-4-6-14-2/h7-8,10H,3-6,11H2,1-2H3. The Kier molecular flexibility index (Phi) is 5.04. The van der Waals surface area contributed by atoms with Gasteiger partial charge in [0.1, 0.15) is 0 Å². The molecular formula is C10H19N3S. The van der Waals surface area contributed by atoms with Crippen LogP contribution in [0, 0.1) is 0 Å². The SMILES string of the molecule is CCC(N)c1cnn(CCCSC)c1. The van der Waals surface area contributed by atoms with Gasteiger partial charge in [0, 0.05) is 24.3 Å². The van der Waals surface area contributed by atoms with Gasteiger partial charge in [-0.05, 0) is 24.9 Å². The second-order valence-electron chi connectivity index (χ2n) is 3.40. The minimum absolute atomic E-state index is 0.143. The van der Waals surface area contributed by atoms with Crippen molar-refractivity contribution in [3.63, 3.8) is 0 Å². The first-order valence-electron chi connectivity index (χ1n) is 5.04. The molecule has 0 saturated heterocycles. The Bertz CT molecular complexity index is 260. The molecule has 0 amide bonds. The van der Waals surface area contributed by atoms with Gasteiger partial charge in [0.25, 0.3) is 0 Å². The van der Waals surface area contributed by atoms with Crippen LogP contribution < -0.4 is 5.73 Å². The molecular weight excluding hydrogens is 194 g/mol. The summed E-state index contributed by atoms with van der Waals surface area (Å²) < 4.78 is 1.99. The Labute approximate surface area is 90.1 Å². The third-order valence-electron chi connectivity index (χ3n) is 2.26. The molecule has 4 heteroatoms. The van der Waals surface area contributed by atoms with E-state index in [1.54, 1.807) is 0 Å². The fourth-order valence-electron chi connectivity index (χ4n) is 1.30. The van der Waals surface area contributed by atoms with Gasteiger partial charge in [0.05, 0.1) is 6.20 Å². The van der Waals surface area contributed by atoms with Crippen molar-refractivity contribution in [2.45, 2.75) is 32.4 Å². The lowest BCUT2D eigenvalue weighted by Crippen LogP contribution is -2.07. The average Bonchev–Trinajstić information content (AvgIpc) is 2.66. The largest absolute Gasteiger partial charge is 0.324 e. The van der Waals surface area contributed by atoms with Crippen molar-refractivity contribution in [1.82, 2.24) is 9.78 Å². The van der Waals surface area contributed by atoms with E-state index in [0.717, 1.165) is 18.5 Å². The van der Waals surface area contributed by atoms with Crippen molar-refractivity contribution >= 4 is 11.8 Å². The third-order valence-corrected chi connectivity index (χ3v) is 2.95. The minimum Gasteiger partial charge on any atom is -0.324 e. The number of hydrogen-bond donors (Lipinski definition) is 1. The Balaban J connectivity index is 2.42. The van der Waals surface area contributed by atoms with Gasteiger partial charge in [0.15, 0.2) is 0 Å². The van der Waals surface area contributed by atoms with E-state index in [-0.39, 0.29) is 6.04 Å². The summed E-state index contributed by atoms with van der Waals surface area (Å²) in [4.78, 5) is 0. The molecule has 1 aromatic rings. The number of nitrogens with zero attached hydrogens (tertiary/aromatic N) is 2. The highest BCUT2D eigenvalue weighted by molar-refractivity contribution is 7.98. The molecule has 3 nitrogen and oxygen atoms in total. The Hall–Kier alpha value is -0.480. The van der Waals surface area contributed by atoms with Crippen LogP contribution in [-0.4, -0.2) is 21.8 Å². The number of aromatic nitrogens is 2. The molecule has 1 rings (SSSR count).